The third-order valence-electron chi connectivity index (χ3n) is 2.60. The second-order valence-electron chi connectivity index (χ2n) is 4.10. The number of benzene rings is 1. The molecule has 0 aliphatic rings. The second kappa shape index (κ2) is 7.53. The van der Waals surface area contributed by atoms with Crippen molar-refractivity contribution in [3.8, 4) is 5.75 Å². The average Bonchev–Trinajstić information content (AvgIpc) is 2.88. The van der Waals surface area contributed by atoms with Crippen molar-refractivity contribution in [2.45, 2.75) is 19.8 Å². The Hall–Kier alpha value is -1.88. The molecule has 0 aliphatic heterocycles. The van der Waals surface area contributed by atoms with Crippen molar-refractivity contribution < 1.29 is 9.15 Å². The van der Waals surface area contributed by atoms with Crippen LogP contribution < -0.4 is 10.1 Å². The van der Waals surface area contributed by atoms with E-state index in [1.54, 1.807) is 0 Å². The summed E-state index contributed by atoms with van der Waals surface area (Å²) in [6.45, 7) is 4.42. The summed E-state index contributed by atoms with van der Waals surface area (Å²) in [6.07, 6.45) is 1.39. The van der Waals surface area contributed by atoms with E-state index in [1.165, 1.54) is 0 Å². The van der Waals surface area contributed by atoms with E-state index < -0.39 is 0 Å². The molecule has 0 bridgehead atoms. The van der Waals surface area contributed by atoms with Gasteiger partial charge in [0.25, 0.3) is 0 Å². The van der Waals surface area contributed by atoms with Gasteiger partial charge < -0.3 is 14.5 Å². The van der Waals surface area contributed by atoms with Gasteiger partial charge in [-0.15, -0.1) is 10.2 Å². The van der Waals surface area contributed by atoms with Crippen LogP contribution in [-0.4, -0.2) is 29.9 Å². The normalized spacial score (nSPS) is 10.6. The Labute approximate surface area is 113 Å². The van der Waals surface area contributed by atoms with Crippen LogP contribution in [0.2, 0.25) is 0 Å². The average molecular weight is 261 g/mol. The van der Waals surface area contributed by atoms with Gasteiger partial charge in [-0.05, 0) is 18.7 Å². The predicted octanol–water partition coefficient (Wildman–Crippen LogP) is 1.84. The second-order valence-corrected chi connectivity index (χ2v) is 4.10. The van der Waals surface area contributed by atoms with Crippen molar-refractivity contribution in [1.82, 2.24) is 15.5 Å². The quantitative estimate of drug-likeness (QED) is 0.735. The first-order chi connectivity index (χ1) is 9.38. The lowest BCUT2D eigenvalue weighted by Crippen LogP contribution is -2.16. The van der Waals surface area contributed by atoms with Crippen LogP contribution >= 0.6 is 0 Å². The Bertz CT molecular complexity index is 471. The maximum Gasteiger partial charge on any atom is 0.219 e. The van der Waals surface area contributed by atoms with E-state index in [-0.39, 0.29) is 0 Å². The van der Waals surface area contributed by atoms with Crippen molar-refractivity contribution in [3.63, 3.8) is 0 Å². The summed E-state index contributed by atoms with van der Waals surface area (Å²) >= 11 is 0. The molecule has 2 aromatic rings. The molecule has 102 valence electrons. The molecule has 1 aromatic carbocycles. The molecule has 1 heterocycles. The van der Waals surface area contributed by atoms with Crippen molar-refractivity contribution in [3.05, 3.63) is 42.1 Å². The summed E-state index contributed by atoms with van der Waals surface area (Å²) in [5, 5.41) is 11.2. The van der Waals surface area contributed by atoms with Gasteiger partial charge in [-0.3, -0.25) is 0 Å². The molecule has 2 rings (SSSR count). The number of likely N-dealkylation sites (N-methyl/N-ethyl adjacent to an activating group) is 1. The maximum absolute atomic E-state index is 5.58. The summed E-state index contributed by atoms with van der Waals surface area (Å²) in [5.74, 6) is 2.16. The van der Waals surface area contributed by atoms with Crippen LogP contribution in [0.25, 0.3) is 0 Å². The topological polar surface area (TPSA) is 60.2 Å². The smallest absolute Gasteiger partial charge is 0.219 e. The lowest BCUT2D eigenvalue weighted by atomic mass is 10.3. The molecule has 0 atom stereocenters. The fraction of sp³-hybridized carbons (Fsp3) is 0.429. The predicted molar refractivity (Wildman–Crippen MR) is 72.2 cm³/mol. The highest BCUT2D eigenvalue weighted by molar-refractivity contribution is 5.20. The molecule has 0 spiro atoms. The fourth-order valence-electron chi connectivity index (χ4n) is 1.64. The Morgan fingerprint density at radius 3 is 2.58 bits per heavy atom. The summed E-state index contributed by atoms with van der Waals surface area (Å²) in [5.41, 5.74) is 0. The number of para-hydroxylation sites is 1. The summed E-state index contributed by atoms with van der Waals surface area (Å²) < 4.78 is 11.1. The molecule has 0 amide bonds. The van der Waals surface area contributed by atoms with E-state index in [9.17, 15) is 0 Å². The molecule has 1 aromatic heterocycles. The lowest BCUT2D eigenvalue weighted by molar-refractivity contribution is 0.303. The first kappa shape index (κ1) is 13.5. The fourth-order valence-corrected chi connectivity index (χ4v) is 1.64. The summed E-state index contributed by atoms with van der Waals surface area (Å²) in [4.78, 5) is 0. The Kier molecular flexibility index (Phi) is 5.37. The Morgan fingerprint density at radius 2 is 1.84 bits per heavy atom. The van der Waals surface area contributed by atoms with Gasteiger partial charge in [-0.25, -0.2) is 0 Å². The van der Waals surface area contributed by atoms with Crippen molar-refractivity contribution in [2.75, 3.05) is 19.7 Å². The minimum Gasteiger partial charge on any atom is -0.493 e. The molecule has 5 nitrogen and oxygen atoms in total. The van der Waals surface area contributed by atoms with Gasteiger partial charge in [0.2, 0.25) is 11.8 Å². The Balaban J connectivity index is 1.71. The standard InChI is InChI=1S/C14H19N3O2/c1-2-15-10-8-13-16-17-14(19-13)9-11-18-12-6-4-3-5-7-12/h3-7,15H,2,8-11H2,1H3. The summed E-state index contributed by atoms with van der Waals surface area (Å²) in [7, 11) is 0. The molecule has 0 radical (unpaired) electrons. The van der Waals surface area contributed by atoms with Crippen LogP contribution in [0, 0.1) is 0 Å². The van der Waals surface area contributed by atoms with Crippen LogP contribution in [0.4, 0.5) is 0 Å². The van der Waals surface area contributed by atoms with Gasteiger partial charge in [-0.1, -0.05) is 25.1 Å². The minimum atomic E-state index is 0.541. The van der Waals surface area contributed by atoms with Crippen LogP contribution in [0.3, 0.4) is 0 Å². The first-order valence-corrected chi connectivity index (χ1v) is 6.58. The number of hydrogen-bond acceptors (Lipinski definition) is 5. The van der Waals surface area contributed by atoms with E-state index in [4.69, 9.17) is 9.15 Å². The lowest BCUT2D eigenvalue weighted by Gasteiger charge is -2.03. The first-order valence-electron chi connectivity index (χ1n) is 6.58. The minimum absolute atomic E-state index is 0.541. The molecule has 0 aliphatic carbocycles. The number of ether oxygens (including phenoxy) is 1. The van der Waals surface area contributed by atoms with Gasteiger partial charge in [0, 0.05) is 13.0 Å². The largest absolute Gasteiger partial charge is 0.493 e. The third kappa shape index (κ3) is 4.71. The third-order valence-corrected chi connectivity index (χ3v) is 2.60. The zero-order chi connectivity index (χ0) is 13.3. The van der Waals surface area contributed by atoms with Gasteiger partial charge >= 0.3 is 0 Å². The van der Waals surface area contributed by atoms with Crippen molar-refractivity contribution in [1.29, 1.82) is 0 Å². The van der Waals surface area contributed by atoms with Gasteiger partial charge in [0.1, 0.15) is 5.75 Å². The SMILES string of the molecule is CCNCCc1nnc(CCOc2ccccc2)o1. The molecule has 0 saturated heterocycles. The Morgan fingerprint density at radius 1 is 1.11 bits per heavy atom. The number of aromatic nitrogens is 2. The van der Waals surface area contributed by atoms with Crippen molar-refractivity contribution >= 4 is 0 Å². The molecular weight excluding hydrogens is 242 g/mol. The molecule has 1 N–H and O–H groups in total. The molecule has 0 saturated carbocycles. The van der Waals surface area contributed by atoms with Gasteiger partial charge in [0.15, 0.2) is 0 Å². The monoisotopic (exact) mass is 261 g/mol. The van der Waals surface area contributed by atoms with E-state index in [0.717, 1.165) is 25.3 Å². The van der Waals surface area contributed by atoms with E-state index >= 15 is 0 Å². The van der Waals surface area contributed by atoms with Crippen LogP contribution in [0.15, 0.2) is 34.7 Å². The van der Waals surface area contributed by atoms with Gasteiger partial charge in [-0.2, -0.15) is 0 Å². The maximum atomic E-state index is 5.58. The molecule has 5 heteroatoms. The zero-order valence-corrected chi connectivity index (χ0v) is 11.1. The van der Waals surface area contributed by atoms with Crippen LogP contribution in [-0.2, 0) is 12.8 Å². The van der Waals surface area contributed by atoms with E-state index in [0.29, 0.717) is 24.8 Å². The van der Waals surface area contributed by atoms with E-state index in [1.807, 2.05) is 30.3 Å². The zero-order valence-electron chi connectivity index (χ0n) is 11.1. The molecule has 0 unspecified atom stereocenters. The highest BCUT2D eigenvalue weighted by atomic mass is 16.5. The molecule has 19 heavy (non-hydrogen) atoms. The molecule has 0 fully saturated rings. The van der Waals surface area contributed by atoms with Crippen LogP contribution in [0.5, 0.6) is 5.75 Å². The van der Waals surface area contributed by atoms with Crippen molar-refractivity contribution in [2.24, 2.45) is 0 Å². The number of rotatable bonds is 8. The van der Waals surface area contributed by atoms with Crippen LogP contribution in [0.1, 0.15) is 18.7 Å². The number of nitrogens with zero attached hydrogens (tertiary/aromatic N) is 2. The van der Waals surface area contributed by atoms with E-state index in [2.05, 4.69) is 22.4 Å². The molecular formula is C14H19N3O2. The number of hydrogen-bond donors (Lipinski definition) is 1. The highest BCUT2D eigenvalue weighted by Gasteiger charge is 2.05. The number of nitrogens with one attached hydrogen (secondary N) is 1. The van der Waals surface area contributed by atoms with Gasteiger partial charge in [0.05, 0.1) is 13.0 Å². The summed E-state index contributed by atoms with van der Waals surface area (Å²) in [6, 6.07) is 9.70. The highest BCUT2D eigenvalue weighted by Crippen LogP contribution is 2.09.